The summed E-state index contributed by atoms with van der Waals surface area (Å²) in [5, 5.41) is 11.2. The first-order valence-corrected chi connectivity index (χ1v) is 8.76. The van der Waals surface area contributed by atoms with Gasteiger partial charge in [-0.25, -0.2) is 0 Å². The Morgan fingerprint density at radius 3 is 2.76 bits per heavy atom. The molecule has 1 aromatic carbocycles. The minimum absolute atomic E-state index is 0. The van der Waals surface area contributed by atoms with Crippen molar-refractivity contribution in [3.05, 3.63) is 23.3 Å². The molecule has 7 rings (SSSR count). The fourth-order valence-corrected chi connectivity index (χ4v) is 5.94. The van der Waals surface area contributed by atoms with Crippen LogP contribution < -0.4 is 9.47 Å². The summed E-state index contributed by atoms with van der Waals surface area (Å²) in [5.74, 6) is 0.617. The topological polar surface area (TPSA) is 60.4 Å². The van der Waals surface area contributed by atoms with Gasteiger partial charge < -0.3 is 24.1 Å². The maximum Gasteiger partial charge on any atom is 0.231 e. The quantitative estimate of drug-likeness (QED) is 0.840. The first kappa shape index (κ1) is 15.9. The van der Waals surface area contributed by atoms with Crippen LogP contribution in [0.4, 0.5) is 0 Å². The standard InChI is InChI=1S/C18H21NO5.CH4/c1-21-18-8-17-3-2-4-19(17)7-14(24-18)10-5-12-13(23-9-22-12)6-11(10)15(17)16(18)20;/h5-6,14-16,20H,2-4,7-9H2,1H3;1H4/t14-,15+,16-,17-,18+;/m0./s1. The van der Waals surface area contributed by atoms with Gasteiger partial charge in [-0.3, -0.25) is 4.90 Å². The van der Waals surface area contributed by atoms with E-state index < -0.39 is 11.9 Å². The van der Waals surface area contributed by atoms with Gasteiger partial charge in [-0.2, -0.15) is 0 Å². The largest absolute Gasteiger partial charge is 0.454 e. The number of methoxy groups -OCH3 is 1. The summed E-state index contributed by atoms with van der Waals surface area (Å²) in [5.41, 5.74) is 2.19. The van der Waals surface area contributed by atoms with E-state index in [0.717, 1.165) is 55.0 Å². The van der Waals surface area contributed by atoms with E-state index in [4.69, 9.17) is 18.9 Å². The Morgan fingerprint density at radius 2 is 2.00 bits per heavy atom. The highest BCUT2D eigenvalue weighted by molar-refractivity contribution is 5.54. The zero-order valence-corrected chi connectivity index (χ0v) is 13.7. The number of aliphatic hydroxyl groups is 1. The third kappa shape index (κ3) is 1.69. The summed E-state index contributed by atoms with van der Waals surface area (Å²) in [6.45, 7) is 2.17. The fraction of sp³-hybridized carbons (Fsp3) is 0.684. The predicted molar refractivity (Wildman–Crippen MR) is 89.8 cm³/mol. The zero-order valence-electron chi connectivity index (χ0n) is 13.7. The Bertz CT molecular complexity index is 739. The van der Waals surface area contributed by atoms with Crippen LogP contribution in [0.25, 0.3) is 0 Å². The van der Waals surface area contributed by atoms with Crippen LogP contribution in [0.1, 0.15) is 49.8 Å². The van der Waals surface area contributed by atoms with Crippen LogP contribution in [0.3, 0.4) is 0 Å². The van der Waals surface area contributed by atoms with Crippen LogP contribution in [-0.2, 0) is 9.47 Å². The normalized spacial score (nSPS) is 42.7. The monoisotopic (exact) mass is 347 g/mol. The van der Waals surface area contributed by atoms with Gasteiger partial charge in [-0.1, -0.05) is 7.43 Å². The van der Waals surface area contributed by atoms with Crippen LogP contribution in [-0.4, -0.2) is 54.4 Å². The molecule has 6 heteroatoms. The Kier molecular flexibility index (Phi) is 3.10. The summed E-state index contributed by atoms with van der Waals surface area (Å²) in [7, 11) is 1.66. The molecule has 1 N–H and O–H groups in total. The van der Waals surface area contributed by atoms with Gasteiger partial charge in [0.15, 0.2) is 17.3 Å². The van der Waals surface area contributed by atoms with Gasteiger partial charge in [0.25, 0.3) is 0 Å². The molecule has 0 aromatic heterocycles. The second kappa shape index (κ2) is 4.88. The zero-order chi connectivity index (χ0) is 16.1. The molecule has 0 amide bonds. The number of aliphatic hydroxyl groups excluding tert-OH is 1. The van der Waals surface area contributed by atoms with Crippen LogP contribution in [0.2, 0.25) is 0 Å². The Hall–Kier alpha value is -1.34. The SMILES string of the molecule is C.CO[C@]12C[C@]34CCCN3C[C@H](O1)c1cc3c(cc1[C@@H]4[C@@H]2O)OCO3. The van der Waals surface area contributed by atoms with E-state index in [1.807, 2.05) is 0 Å². The Morgan fingerprint density at radius 1 is 1.24 bits per heavy atom. The minimum Gasteiger partial charge on any atom is -0.454 e. The fourth-order valence-electron chi connectivity index (χ4n) is 5.94. The number of hydrogen-bond donors (Lipinski definition) is 1. The lowest BCUT2D eigenvalue weighted by atomic mass is 9.78. The molecular formula is C19H25NO5. The Labute approximate surface area is 147 Å². The van der Waals surface area contributed by atoms with Crippen LogP contribution in [0, 0.1) is 0 Å². The first-order chi connectivity index (χ1) is 11.7. The van der Waals surface area contributed by atoms with Gasteiger partial charge in [0, 0.05) is 31.5 Å². The van der Waals surface area contributed by atoms with E-state index in [2.05, 4.69) is 17.0 Å². The summed E-state index contributed by atoms with van der Waals surface area (Å²) < 4.78 is 23.5. The molecule has 5 aliphatic heterocycles. The molecule has 0 unspecified atom stereocenters. The number of benzene rings is 1. The molecule has 2 saturated heterocycles. The van der Waals surface area contributed by atoms with Crippen molar-refractivity contribution < 1.29 is 24.1 Å². The highest BCUT2D eigenvalue weighted by atomic mass is 16.7. The summed E-state index contributed by atoms with van der Waals surface area (Å²) >= 11 is 0. The maximum atomic E-state index is 11.2. The lowest BCUT2D eigenvalue weighted by molar-refractivity contribution is -0.277. The van der Waals surface area contributed by atoms with Crippen LogP contribution in [0.15, 0.2) is 12.1 Å². The van der Waals surface area contributed by atoms with Crippen molar-refractivity contribution in [3.8, 4) is 11.5 Å². The third-order valence-corrected chi connectivity index (χ3v) is 6.90. The summed E-state index contributed by atoms with van der Waals surface area (Å²) in [6, 6.07) is 4.12. The van der Waals surface area contributed by atoms with E-state index in [1.165, 1.54) is 0 Å². The lowest BCUT2D eigenvalue weighted by Crippen LogP contribution is -2.47. The number of fused-ring (bicyclic) bond motifs is 1. The average Bonchev–Trinajstić information content (AvgIpc) is 3.19. The van der Waals surface area contributed by atoms with Gasteiger partial charge in [-0.15, -0.1) is 0 Å². The molecule has 4 bridgehead atoms. The molecule has 6 nitrogen and oxygen atoms in total. The average molecular weight is 347 g/mol. The molecule has 136 valence electrons. The van der Waals surface area contributed by atoms with Gasteiger partial charge in [0.05, 0.1) is 6.10 Å². The highest BCUT2D eigenvalue weighted by Crippen LogP contribution is 2.64. The van der Waals surface area contributed by atoms with E-state index >= 15 is 0 Å². The van der Waals surface area contributed by atoms with E-state index in [9.17, 15) is 5.11 Å². The van der Waals surface area contributed by atoms with Gasteiger partial charge >= 0.3 is 0 Å². The molecular weight excluding hydrogens is 322 g/mol. The van der Waals surface area contributed by atoms with Crippen LogP contribution in [0.5, 0.6) is 11.5 Å². The second-order valence-electron chi connectivity index (χ2n) is 7.71. The van der Waals surface area contributed by atoms with E-state index in [-0.39, 0.29) is 31.8 Å². The minimum atomic E-state index is -0.917. The summed E-state index contributed by atoms with van der Waals surface area (Å²) in [6.07, 6.45) is 2.18. The van der Waals surface area contributed by atoms with Crippen molar-refractivity contribution in [1.82, 2.24) is 4.90 Å². The molecule has 3 fully saturated rings. The van der Waals surface area contributed by atoms with E-state index in [1.54, 1.807) is 7.11 Å². The molecule has 5 atom stereocenters. The van der Waals surface area contributed by atoms with Crippen LogP contribution >= 0.6 is 0 Å². The van der Waals surface area contributed by atoms with Gasteiger partial charge in [0.1, 0.15) is 6.10 Å². The van der Waals surface area contributed by atoms with Crippen molar-refractivity contribution >= 4 is 0 Å². The molecule has 1 saturated carbocycles. The van der Waals surface area contributed by atoms with Crippen molar-refractivity contribution in [2.45, 2.75) is 56.1 Å². The number of nitrogens with zero attached hydrogens (tertiary/aromatic N) is 1. The molecule has 25 heavy (non-hydrogen) atoms. The predicted octanol–water partition coefficient (Wildman–Crippen LogP) is 2.16. The maximum absolute atomic E-state index is 11.2. The lowest BCUT2D eigenvalue weighted by Gasteiger charge is -2.39. The highest BCUT2D eigenvalue weighted by Gasteiger charge is 2.70. The number of hydrogen-bond acceptors (Lipinski definition) is 6. The first-order valence-electron chi connectivity index (χ1n) is 8.76. The van der Waals surface area contributed by atoms with Gasteiger partial charge in [-0.05, 0) is 42.6 Å². The molecule has 5 heterocycles. The summed E-state index contributed by atoms with van der Waals surface area (Å²) in [4.78, 5) is 2.53. The van der Waals surface area contributed by atoms with Crippen molar-refractivity contribution in [2.75, 3.05) is 27.0 Å². The number of ether oxygens (including phenoxy) is 4. The van der Waals surface area contributed by atoms with Crippen molar-refractivity contribution in [2.24, 2.45) is 0 Å². The van der Waals surface area contributed by atoms with Crippen molar-refractivity contribution in [3.63, 3.8) is 0 Å². The van der Waals surface area contributed by atoms with Crippen molar-refractivity contribution in [1.29, 1.82) is 0 Å². The Balaban J connectivity index is 0.00000140. The molecule has 1 spiro atoms. The van der Waals surface area contributed by atoms with Gasteiger partial charge in [0.2, 0.25) is 6.79 Å². The smallest absolute Gasteiger partial charge is 0.231 e. The molecule has 0 radical (unpaired) electrons. The third-order valence-electron chi connectivity index (χ3n) is 6.90. The molecule has 1 aliphatic carbocycles. The second-order valence-corrected chi connectivity index (χ2v) is 7.71. The number of rotatable bonds is 1. The van der Waals surface area contributed by atoms with E-state index in [0.29, 0.717) is 0 Å². The molecule has 6 aliphatic rings. The molecule has 1 aromatic rings.